The van der Waals surface area contributed by atoms with Crippen molar-refractivity contribution in [2.75, 3.05) is 45.9 Å². The van der Waals surface area contributed by atoms with E-state index in [0.717, 1.165) is 25.1 Å². The third-order valence-corrected chi connectivity index (χ3v) is 5.11. The normalized spacial score (nSPS) is 16.2. The quantitative estimate of drug-likeness (QED) is 0.491. The molecular formula is C22H30FN5O3. The van der Waals surface area contributed by atoms with Gasteiger partial charge in [-0.05, 0) is 37.6 Å². The van der Waals surface area contributed by atoms with E-state index in [0.29, 0.717) is 42.1 Å². The summed E-state index contributed by atoms with van der Waals surface area (Å²) in [6.45, 7) is 4.51. The number of benzene rings is 1. The Balaban J connectivity index is 1.71. The van der Waals surface area contributed by atoms with E-state index in [2.05, 4.69) is 15.6 Å². The molecule has 0 saturated carbocycles. The number of hydrogen-bond donors (Lipinski definition) is 2. The van der Waals surface area contributed by atoms with Crippen LogP contribution in [0.15, 0.2) is 35.5 Å². The second-order valence-corrected chi connectivity index (χ2v) is 7.07. The van der Waals surface area contributed by atoms with Gasteiger partial charge in [0.05, 0.1) is 27.9 Å². The second kappa shape index (κ2) is 10.7. The van der Waals surface area contributed by atoms with Crippen molar-refractivity contribution in [2.24, 2.45) is 4.99 Å². The summed E-state index contributed by atoms with van der Waals surface area (Å²) >= 11 is 0. The molecule has 1 aliphatic rings. The van der Waals surface area contributed by atoms with Crippen LogP contribution in [-0.2, 0) is 6.54 Å². The third-order valence-electron chi connectivity index (χ3n) is 5.11. The second-order valence-electron chi connectivity index (χ2n) is 7.07. The molecule has 1 aliphatic heterocycles. The smallest absolute Gasteiger partial charge is 0.203 e. The minimum absolute atomic E-state index is 0.131. The molecule has 1 atom stereocenters. The lowest BCUT2D eigenvalue weighted by molar-refractivity contribution is 0.322. The van der Waals surface area contributed by atoms with Crippen LogP contribution >= 0.6 is 0 Å². The van der Waals surface area contributed by atoms with Crippen LogP contribution in [0.4, 0.5) is 10.2 Å². The fourth-order valence-corrected chi connectivity index (χ4v) is 3.65. The summed E-state index contributed by atoms with van der Waals surface area (Å²) in [4.78, 5) is 10.8. The van der Waals surface area contributed by atoms with Gasteiger partial charge in [-0.15, -0.1) is 0 Å². The van der Waals surface area contributed by atoms with Crippen LogP contribution in [0.1, 0.15) is 18.9 Å². The number of hydrogen-bond acceptors (Lipinski definition) is 6. The van der Waals surface area contributed by atoms with E-state index in [1.807, 2.05) is 24.0 Å². The molecule has 0 spiro atoms. The number of anilines is 1. The number of guanidine groups is 1. The van der Waals surface area contributed by atoms with Gasteiger partial charge in [0.15, 0.2) is 29.1 Å². The van der Waals surface area contributed by atoms with Gasteiger partial charge in [-0.3, -0.25) is 0 Å². The highest BCUT2D eigenvalue weighted by Crippen LogP contribution is 2.39. The van der Waals surface area contributed by atoms with E-state index < -0.39 is 0 Å². The lowest BCUT2D eigenvalue weighted by Gasteiger charge is -2.20. The zero-order valence-corrected chi connectivity index (χ0v) is 18.4. The van der Waals surface area contributed by atoms with Crippen molar-refractivity contribution in [1.29, 1.82) is 0 Å². The zero-order valence-electron chi connectivity index (χ0n) is 18.4. The van der Waals surface area contributed by atoms with Gasteiger partial charge in [0.25, 0.3) is 0 Å². The standard InChI is InChI=1S/C22H30FN5O3/c1-5-24-22(26-13-15-8-9-18(29-2)20(31-4)19(15)30-3)27-16-10-12-28(14-16)21-17(23)7-6-11-25-21/h6-9,11,16H,5,10,12-14H2,1-4H3,(H2,24,26,27). The number of methoxy groups -OCH3 is 3. The first-order chi connectivity index (χ1) is 15.1. The molecule has 2 N–H and O–H groups in total. The number of ether oxygens (including phenoxy) is 3. The maximum absolute atomic E-state index is 14.1. The van der Waals surface area contributed by atoms with Crippen LogP contribution < -0.4 is 29.7 Å². The van der Waals surface area contributed by atoms with Gasteiger partial charge in [-0.25, -0.2) is 14.4 Å². The van der Waals surface area contributed by atoms with E-state index >= 15 is 0 Å². The fraction of sp³-hybridized carbons (Fsp3) is 0.455. The van der Waals surface area contributed by atoms with Crippen molar-refractivity contribution < 1.29 is 18.6 Å². The maximum atomic E-state index is 14.1. The van der Waals surface area contributed by atoms with Gasteiger partial charge in [0, 0.05) is 37.4 Å². The Kier molecular flexibility index (Phi) is 7.75. The minimum atomic E-state index is -0.302. The molecule has 31 heavy (non-hydrogen) atoms. The lowest BCUT2D eigenvalue weighted by Crippen LogP contribution is -2.44. The van der Waals surface area contributed by atoms with Crippen molar-refractivity contribution in [3.8, 4) is 17.2 Å². The molecule has 1 aromatic heterocycles. The first-order valence-corrected chi connectivity index (χ1v) is 10.3. The molecule has 1 unspecified atom stereocenters. The molecule has 0 bridgehead atoms. The van der Waals surface area contributed by atoms with Crippen molar-refractivity contribution in [2.45, 2.75) is 25.9 Å². The maximum Gasteiger partial charge on any atom is 0.203 e. The topological polar surface area (TPSA) is 80.2 Å². The highest BCUT2D eigenvalue weighted by molar-refractivity contribution is 5.80. The Morgan fingerprint density at radius 2 is 2.00 bits per heavy atom. The predicted octanol–water partition coefficient (Wildman–Crippen LogP) is 2.58. The molecule has 0 amide bonds. The van der Waals surface area contributed by atoms with E-state index in [9.17, 15) is 4.39 Å². The number of rotatable bonds is 8. The number of pyridine rings is 1. The number of halogens is 1. The molecule has 2 aromatic rings. The number of aliphatic imine (C=N–C) groups is 1. The zero-order chi connectivity index (χ0) is 22.2. The highest BCUT2D eigenvalue weighted by atomic mass is 19.1. The summed E-state index contributed by atoms with van der Waals surface area (Å²) in [5.41, 5.74) is 0.876. The molecule has 0 aliphatic carbocycles. The third kappa shape index (κ3) is 5.28. The first kappa shape index (κ1) is 22.5. The van der Waals surface area contributed by atoms with Crippen molar-refractivity contribution in [1.82, 2.24) is 15.6 Å². The monoisotopic (exact) mass is 431 g/mol. The van der Waals surface area contributed by atoms with Crippen molar-refractivity contribution in [3.63, 3.8) is 0 Å². The van der Waals surface area contributed by atoms with E-state index in [-0.39, 0.29) is 11.9 Å². The molecule has 8 nitrogen and oxygen atoms in total. The van der Waals surface area contributed by atoms with Crippen molar-refractivity contribution >= 4 is 11.8 Å². The molecule has 0 radical (unpaired) electrons. The molecule has 1 fully saturated rings. The van der Waals surface area contributed by atoms with Gasteiger partial charge in [-0.1, -0.05) is 0 Å². The van der Waals surface area contributed by atoms with E-state index in [1.165, 1.54) is 6.07 Å². The molecule has 3 rings (SSSR count). The van der Waals surface area contributed by atoms with Gasteiger partial charge < -0.3 is 29.7 Å². The van der Waals surface area contributed by atoms with Crippen LogP contribution in [0.5, 0.6) is 17.2 Å². The van der Waals surface area contributed by atoms with Crippen LogP contribution in [-0.4, -0.2) is 57.9 Å². The Bertz CT molecular complexity index is 909. The molecule has 9 heteroatoms. The number of aromatic nitrogens is 1. The molecular weight excluding hydrogens is 401 g/mol. The largest absolute Gasteiger partial charge is 0.493 e. The Morgan fingerprint density at radius 3 is 2.68 bits per heavy atom. The van der Waals surface area contributed by atoms with Crippen LogP contribution in [0, 0.1) is 5.82 Å². The van der Waals surface area contributed by atoms with Crippen LogP contribution in [0.2, 0.25) is 0 Å². The molecule has 168 valence electrons. The molecule has 1 aromatic carbocycles. The van der Waals surface area contributed by atoms with E-state index in [1.54, 1.807) is 33.6 Å². The highest BCUT2D eigenvalue weighted by Gasteiger charge is 2.26. The first-order valence-electron chi connectivity index (χ1n) is 10.3. The lowest BCUT2D eigenvalue weighted by atomic mass is 10.1. The summed E-state index contributed by atoms with van der Waals surface area (Å²) in [7, 11) is 4.76. The summed E-state index contributed by atoms with van der Waals surface area (Å²) in [5, 5.41) is 6.71. The summed E-state index contributed by atoms with van der Waals surface area (Å²) in [5.74, 6) is 2.52. The van der Waals surface area contributed by atoms with Gasteiger partial charge in [-0.2, -0.15) is 0 Å². The number of nitrogens with one attached hydrogen (secondary N) is 2. The summed E-state index contributed by atoms with van der Waals surface area (Å²) < 4.78 is 30.4. The SMILES string of the molecule is CCNC(=NCc1ccc(OC)c(OC)c1OC)NC1CCN(c2ncccc2F)C1. The van der Waals surface area contributed by atoms with Gasteiger partial charge in [0.1, 0.15) is 0 Å². The van der Waals surface area contributed by atoms with E-state index in [4.69, 9.17) is 19.2 Å². The van der Waals surface area contributed by atoms with Crippen LogP contribution in [0.3, 0.4) is 0 Å². The average molecular weight is 432 g/mol. The number of nitrogens with zero attached hydrogens (tertiary/aromatic N) is 3. The van der Waals surface area contributed by atoms with Gasteiger partial charge >= 0.3 is 0 Å². The molecule has 2 heterocycles. The van der Waals surface area contributed by atoms with Gasteiger partial charge in [0.2, 0.25) is 5.75 Å². The van der Waals surface area contributed by atoms with Crippen LogP contribution in [0.25, 0.3) is 0 Å². The Labute approximate surface area is 182 Å². The fourth-order valence-electron chi connectivity index (χ4n) is 3.65. The Morgan fingerprint density at radius 1 is 1.19 bits per heavy atom. The predicted molar refractivity (Wildman–Crippen MR) is 119 cm³/mol. The van der Waals surface area contributed by atoms with Crippen molar-refractivity contribution in [3.05, 3.63) is 41.8 Å². The summed E-state index contributed by atoms with van der Waals surface area (Å²) in [6, 6.07) is 6.91. The summed E-state index contributed by atoms with van der Waals surface area (Å²) in [6.07, 6.45) is 2.47. The Hall–Kier alpha value is -3.23. The average Bonchev–Trinajstić information content (AvgIpc) is 3.25. The minimum Gasteiger partial charge on any atom is -0.493 e. The molecule has 1 saturated heterocycles.